The first-order valence-corrected chi connectivity index (χ1v) is 8.01. The van der Waals surface area contributed by atoms with Crippen LogP contribution in [-0.2, 0) is 15.0 Å². The lowest BCUT2D eigenvalue weighted by Crippen LogP contribution is -2.55. The Balaban J connectivity index is 2.40. The summed E-state index contributed by atoms with van der Waals surface area (Å²) < 4.78 is 0. The molecule has 122 valence electrons. The van der Waals surface area contributed by atoms with Gasteiger partial charge >= 0.3 is 0 Å². The van der Waals surface area contributed by atoms with Crippen LogP contribution in [0.3, 0.4) is 0 Å². The highest BCUT2D eigenvalue weighted by atomic mass is 35.5. The third-order valence-electron chi connectivity index (χ3n) is 4.93. The number of likely N-dealkylation sites (N-methyl/N-ethyl adjacent to an activating group) is 1. The molecule has 1 aromatic rings. The van der Waals surface area contributed by atoms with E-state index in [9.17, 15) is 9.59 Å². The average Bonchev–Trinajstić information content (AvgIpc) is 2.55. The molecule has 1 aromatic carbocycles. The molecule has 4 nitrogen and oxygen atoms in total. The van der Waals surface area contributed by atoms with Crippen LogP contribution in [0.2, 0.25) is 5.02 Å². The van der Waals surface area contributed by atoms with Crippen molar-refractivity contribution in [3.63, 3.8) is 0 Å². The third kappa shape index (κ3) is 2.05. The van der Waals surface area contributed by atoms with E-state index in [4.69, 9.17) is 18.2 Å². The summed E-state index contributed by atoms with van der Waals surface area (Å²) in [5.74, 6) is -0.380. The fourth-order valence-electron chi connectivity index (χ4n) is 3.65. The van der Waals surface area contributed by atoms with Gasteiger partial charge in [0.1, 0.15) is 5.41 Å². The molecule has 0 saturated heterocycles. The second-order valence-electron chi connectivity index (χ2n) is 6.71. The molecule has 0 N–H and O–H groups in total. The Labute approximate surface area is 146 Å². The molecule has 0 aromatic heterocycles. The van der Waals surface area contributed by atoms with Crippen LogP contribution >= 0.6 is 11.6 Å². The van der Waals surface area contributed by atoms with Crippen LogP contribution in [0, 0.1) is 12.0 Å². The van der Waals surface area contributed by atoms with Crippen LogP contribution in [0.15, 0.2) is 47.7 Å². The number of hydrogen-bond donors (Lipinski definition) is 0. The van der Waals surface area contributed by atoms with Gasteiger partial charge in [0.15, 0.2) is 5.78 Å². The number of benzene rings is 1. The Morgan fingerprint density at radius 1 is 1.21 bits per heavy atom. The minimum Gasteiger partial charge on any atom is -0.341 e. The van der Waals surface area contributed by atoms with Crippen LogP contribution in [0.25, 0.3) is 4.85 Å². The Morgan fingerprint density at radius 2 is 1.83 bits per heavy atom. The van der Waals surface area contributed by atoms with Crippen molar-refractivity contribution in [2.24, 2.45) is 5.41 Å². The molecule has 1 aliphatic heterocycles. The van der Waals surface area contributed by atoms with E-state index in [1.807, 2.05) is 6.08 Å². The third-order valence-corrected chi connectivity index (χ3v) is 5.18. The van der Waals surface area contributed by atoms with Crippen molar-refractivity contribution in [2.45, 2.75) is 19.3 Å². The normalized spacial score (nSPS) is 25.5. The Hall–Kier alpha value is -2.38. The van der Waals surface area contributed by atoms with Crippen LogP contribution in [0.1, 0.15) is 19.4 Å². The van der Waals surface area contributed by atoms with E-state index in [0.29, 0.717) is 11.6 Å². The highest BCUT2D eigenvalue weighted by Crippen LogP contribution is 2.51. The van der Waals surface area contributed by atoms with Crippen molar-refractivity contribution in [3.05, 3.63) is 69.7 Å². The second kappa shape index (κ2) is 5.32. The summed E-state index contributed by atoms with van der Waals surface area (Å²) in [5, 5.41) is 0.567. The van der Waals surface area contributed by atoms with Crippen LogP contribution in [0.5, 0.6) is 0 Å². The predicted molar refractivity (Wildman–Crippen MR) is 92.3 cm³/mol. The maximum atomic E-state index is 13.2. The second-order valence-corrected chi connectivity index (χ2v) is 7.15. The van der Waals surface area contributed by atoms with Gasteiger partial charge in [0, 0.05) is 24.0 Å². The number of halogens is 1. The molecule has 1 atom stereocenters. The Bertz CT molecular complexity index is 843. The number of rotatable bonds is 1. The molecule has 5 heteroatoms. The van der Waals surface area contributed by atoms with Gasteiger partial charge in [-0.05, 0) is 23.3 Å². The van der Waals surface area contributed by atoms with Crippen molar-refractivity contribution >= 4 is 23.3 Å². The van der Waals surface area contributed by atoms with Crippen LogP contribution in [-0.4, -0.2) is 30.2 Å². The van der Waals surface area contributed by atoms with Gasteiger partial charge in [-0.2, -0.15) is 0 Å². The zero-order valence-electron chi connectivity index (χ0n) is 13.8. The van der Waals surface area contributed by atoms with Gasteiger partial charge in [-0.3, -0.25) is 4.79 Å². The lowest BCUT2D eigenvalue weighted by atomic mass is 9.57. The standard InChI is InChI=1S/C19H17ClN2O2/c1-18(2)15-9-10-22(4)17(24)19(15,11-14(21-3)16(18)23)12-5-7-13(20)8-6-12/h5-9,11H,10H2,1-2,4H3/t19-/m0/s1. The zero-order valence-corrected chi connectivity index (χ0v) is 14.5. The molecule has 0 saturated carbocycles. The summed E-state index contributed by atoms with van der Waals surface area (Å²) in [6.45, 7) is 11.4. The lowest BCUT2D eigenvalue weighted by Gasteiger charge is -2.48. The maximum Gasteiger partial charge on any atom is 0.240 e. The van der Waals surface area contributed by atoms with Crippen molar-refractivity contribution < 1.29 is 9.59 Å². The van der Waals surface area contributed by atoms with Gasteiger partial charge in [0.25, 0.3) is 0 Å². The van der Waals surface area contributed by atoms with Gasteiger partial charge in [0.2, 0.25) is 11.6 Å². The molecule has 0 radical (unpaired) electrons. The number of amides is 1. The van der Waals surface area contributed by atoms with E-state index >= 15 is 0 Å². The van der Waals surface area contributed by atoms with Gasteiger partial charge in [-0.1, -0.05) is 49.7 Å². The highest BCUT2D eigenvalue weighted by Gasteiger charge is 2.56. The van der Waals surface area contributed by atoms with Crippen molar-refractivity contribution in [1.29, 1.82) is 0 Å². The molecular weight excluding hydrogens is 324 g/mol. The van der Waals surface area contributed by atoms with Crippen molar-refractivity contribution in [3.8, 4) is 0 Å². The number of Topliss-reactive ketones (excluding diaryl/α,β-unsaturated/α-hetero) is 1. The predicted octanol–water partition coefficient (Wildman–Crippen LogP) is 3.39. The fraction of sp³-hybridized carbons (Fsp3) is 0.316. The Morgan fingerprint density at radius 3 is 2.42 bits per heavy atom. The first kappa shape index (κ1) is 16.5. The molecule has 3 rings (SSSR count). The van der Waals surface area contributed by atoms with Gasteiger partial charge in [-0.25, -0.2) is 4.85 Å². The van der Waals surface area contributed by atoms with Gasteiger partial charge < -0.3 is 9.69 Å². The van der Waals surface area contributed by atoms with E-state index in [1.165, 1.54) is 6.08 Å². The fourth-order valence-corrected chi connectivity index (χ4v) is 3.77. The van der Waals surface area contributed by atoms with Gasteiger partial charge in [-0.15, -0.1) is 0 Å². The molecule has 1 amide bonds. The number of nitrogens with zero attached hydrogens (tertiary/aromatic N) is 2. The van der Waals surface area contributed by atoms with E-state index in [-0.39, 0.29) is 17.4 Å². The summed E-state index contributed by atoms with van der Waals surface area (Å²) in [5.41, 5.74) is -0.579. The van der Waals surface area contributed by atoms with Gasteiger partial charge in [0.05, 0.1) is 6.57 Å². The first-order chi connectivity index (χ1) is 11.2. The van der Waals surface area contributed by atoms with E-state index in [0.717, 1.165) is 11.1 Å². The van der Waals surface area contributed by atoms with E-state index in [1.54, 1.807) is 50.1 Å². The summed E-state index contributed by atoms with van der Waals surface area (Å²) >= 11 is 6.00. The molecular formula is C19H17ClN2O2. The van der Waals surface area contributed by atoms with Crippen molar-refractivity contribution in [1.82, 2.24) is 4.90 Å². The molecule has 0 unspecified atom stereocenters. The molecule has 1 aliphatic carbocycles. The number of ketones is 1. The topological polar surface area (TPSA) is 41.7 Å². The monoisotopic (exact) mass is 340 g/mol. The molecule has 1 heterocycles. The minimum atomic E-state index is -1.13. The maximum absolute atomic E-state index is 13.2. The SMILES string of the molecule is [C-]#[N+]C1=C[C@@]2(c3ccc(Cl)cc3)C(=O)N(C)CC=C2C(C)(C)C1=O. The lowest BCUT2D eigenvalue weighted by molar-refractivity contribution is -0.135. The number of carbonyl (C=O) groups excluding carboxylic acids is 2. The average molecular weight is 341 g/mol. The summed E-state index contributed by atoms with van der Waals surface area (Å²) in [7, 11) is 1.72. The zero-order chi connectivity index (χ0) is 17.7. The molecule has 0 bridgehead atoms. The summed E-state index contributed by atoms with van der Waals surface area (Å²) in [6.07, 6.45) is 3.46. The van der Waals surface area contributed by atoms with E-state index in [2.05, 4.69) is 4.85 Å². The summed E-state index contributed by atoms with van der Waals surface area (Å²) in [6, 6.07) is 7.02. The largest absolute Gasteiger partial charge is 0.341 e. The van der Waals surface area contributed by atoms with Crippen LogP contribution in [0.4, 0.5) is 0 Å². The number of carbonyl (C=O) groups is 2. The molecule has 24 heavy (non-hydrogen) atoms. The number of allylic oxidation sites excluding steroid dienone is 1. The highest BCUT2D eigenvalue weighted by molar-refractivity contribution is 6.30. The quantitative estimate of drug-likeness (QED) is 0.581. The van der Waals surface area contributed by atoms with Crippen molar-refractivity contribution in [2.75, 3.05) is 13.6 Å². The first-order valence-electron chi connectivity index (χ1n) is 7.63. The number of fused-ring (bicyclic) bond motifs is 1. The summed E-state index contributed by atoms with van der Waals surface area (Å²) in [4.78, 5) is 30.9. The van der Waals surface area contributed by atoms with E-state index < -0.39 is 10.8 Å². The Kier molecular flexibility index (Phi) is 3.65. The van der Waals surface area contributed by atoms with Crippen LogP contribution < -0.4 is 0 Å². The minimum absolute atomic E-state index is 0.00995. The molecule has 0 fully saturated rings. The molecule has 0 spiro atoms. The molecule has 2 aliphatic rings. The smallest absolute Gasteiger partial charge is 0.240 e. The number of hydrogen-bond acceptors (Lipinski definition) is 2.